The molecule has 48 heavy (non-hydrogen) atoms. The molecule has 1 heterocycles. The summed E-state index contributed by atoms with van der Waals surface area (Å²) in [5.74, 6) is -1.40. The maximum absolute atomic E-state index is 12.2. The highest BCUT2D eigenvalue weighted by Gasteiger charge is 2.68. The van der Waals surface area contributed by atoms with E-state index in [1.165, 1.54) is 0 Å². The van der Waals surface area contributed by atoms with Crippen LogP contribution in [-0.2, 0) is 53.3 Å². The Balaban J connectivity index is 1.51. The van der Waals surface area contributed by atoms with Gasteiger partial charge < -0.3 is 9.84 Å². The fraction of sp³-hybridized carbons (Fsp3) is 0.833. The van der Waals surface area contributed by atoms with Crippen molar-refractivity contribution < 1.29 is 66.1 Å². The van der Waals surface area contributed by atoms with Gasteiger partial charge in [0.2, 0.25) is 0 Å². The third kappa shape index (κ3) is 6.90. The Kier molecular flexibility index (Phi) is 9.94. The summed E-state index contributed by atoms with van der Waals surface area (Å²) in [5, 5.41) is 11.6. The molecule has 15 nitrogen and oxygen atoms in total. The second kappa shape index (κ2) is 12.6. The van der Waals surface area contributed by atoms with E-state index in [1.807, 2.05) is 19.1 Å². The Morgan fingerprint density at radius 3 is 2.06 bits per heavy atom. The van der Waals surface area contributed by atoms with Crippen molar-refractivity contribution in [3.05, 3.63) is 23.3 Å². The summed E-state index contributed by atoms with van der Waals surface area (Å²) in [7, 11) is -15.6. The Hall–Kier alpha value is -1.48. The number of cyclic esters (lactones) is 1. The Bertz CT molecular complexity index is 1690. The fourth-order valence-corrected chi connectivity index (χ4v) is 11.9. The Labute approximate surface area is 282 Å². The van der Waals surface area contributed by atoms with Gasteiger partial charge in [-0.05, 0) is 90.9 Å². The van der Waals surface area contributed by atoms with E-state index in [-0.39, 0.29) is 47.9 Å². The van der Waals surface area contributed by atoms with Gasteiger partial charge in [-0.25, -0.2) is 17.3 Å². The van der Waals surface area contributed by atoms with Gasteiger partial charge in [-0.3, -0.25) is 13.7 Å². The maximum atomic E-state index is 12.2. The molecule has 0 aromatic carbocycles. The lowest BCUT2D eigenvalue weighted by Crippen LogP contribution is -2.65. The van der Waals surface area contributed by atoms with E-state index in [4.69, 9.17) is 13.1 Å². The largest absolute Gasteiger partial charge is 0.458 e. The van der Waals surface area contributed by atoms with Crippen molar-refractivity contribution in [2.45, 2.75) is 104 Å². The second-order valence-corrected chi connectivity index (χ2v) is 18.2. The first kappa shape index (κ1) is 37.8. The first-order valence-electron chi connectivity index (χ1n) is 16.1. The topological polar surface area (TPSA) is 237 Å². The third-order valence-electron chi connectivity index (χ3n) is 12.7. The number of rotatable bonds is 11. The number of fused-ring (bicyclic) bond motifs is 5. The molecule has 12 atom stereocenters. The summed E-state index contributed by atoms with van der Waals surface area (Å²) in [6, 6.07) is 0. The van der Waals surface area contributed by atoms with Crippen LogP contribution in [0.4, 0.5) is 0 Å². The van der Waals surface area contributed by atoms with Gasteiger partial charge in [-0.1, -0.05) is 46.3 Å². The molecule has 0 radical (unpaired) electrons. The minimum atomic E-state index is -5.31. The monoisotopic (exact) mass is 742 g/mol. The molecule has 4 aliphatic carbocycles. The number of esters is 1. The molecule has 1 aliphatic heterocycles. The molecule has 0 amide bonds. The summed E-state index contributed by atoms with van der Waals surface area (Å²) >= 11 is 0. The van der Waals surface area contributed by atoms with Crippen molar-refractivity contribution in [1.82, 2.24) is 0 Å². The van der Waals surface area contributed by atoms with Gasteiger partial charge >= 0.3 is 37.2 Å². The van der Waals surface area contributed by atoms with Gasteiger partial charge in [0.05, 0.1) is 12.2 Å². The molecule has 4 N–H and O–H groups in total. The average Bonchev–Trinajstić information content (AvgIpc) is 3.47. The molecule has 1 unspecified atom stereocenters. The second-order valence-electron chi connectivity index (χ2n) is 15.1. The van der Waals surface area contributed by atoms with Crippen molar-refractivity contribution in [3.63, 3.8) is 0 Å². The molecule has 0 aromatic rings. The summed E-state index contributed by atoms with van der Waals surface area (Å²) in [4.78, 5) is 12.1. The molecular weight excluding hydrogens is 697 g/mol. The highest BCUT2D eigenvalue weighted by atomic mass is 32.3. The number of carbonyl (C=O) groups excluding carboxylic acids is 1. The van der Waals surface area contributed by atoms with E-state index in [9.17, 15) is 48.8 Å². The number of aliphatic hydroxyl groups excluding tert-OH is 1. The van der Waals surface area contributed by atoms with Crippen LogP contribution in [0.3, 0.4) is 0 Å². The van der Waals surface area contributed by atoms with Gasteiger partial charge in [0.15, 0.2) is 0 Å². The van der Waals surface area contributed by atoms with Crippen molar-refractivity contribution in [2.24, 2.45) is 45.8 Å². The van der Waals surface area contributed by atoms with E-state index in [1.54, 1.807) is 6.92 Å². The number of carbonyl (C=O) groups is 1. The average molecular weight is 743 g/mol. The molecule has 3 saturated carbocycles. The van der Waals surface area contributed by atoms with E-state index in [0.29, 0.717) is 18.6 Å². The summed E-state index contributed by atoms with van der Waals surface area (Å²) in [6.07, 6.45) is -0.0198. The molecule has 0 bridgehead atoms. The lowest BCUT2D eigenvalue weighted by Gasteiger charge is -2.63. The highest BCUT2D eigenvalue weighted by molar-refractivity contribution is 7.81. The lowest BCUT2D eigenvalue weighted by atomic mass is 9.43. The fourth-order valence-electron chi connectivity index (χ4n) is 10.4. The Morgan fingerprint density at radius 1 is 0.896 bits per heavy atom. The van der Waals surface area contributed by atoms with Crippen molar-refractivity contribution in [1.29, 1.82) is 0 Å². The van der Waals surface area contributed by atoms with Gasteiger partial charge in [-0.2, -0.15) is 25.3 Å². The molecule has 0 spiro atoms. The van der Waals surface area contributed by atoms with E-state index >= 15 is 0 Å². The predicted molar refractivity (Wildman–Crippen MR) is 168 cm³/mol. The smallest absolute Gasteiger partial charge is 0.397 e. The third-order valence-corrected chi connectivity index (χ3v) is 14.1. The first-order chi connectivity index (χ1) is 21.9. The SMILES string of the molecule is CC(CC[C@@H](C)[C@H]1CC[C@@]2(C)[C@@H]3C[C@H](OS(=O)(=O)O)[C@H]4[C@@H](O)[C@H](OS(=O)(=O)O)[C@@H](OS(=O)(=O)O)C[C@]4(C)C3=CC[C@]12C)C1=CCOC1=O. The summed E-state index contributed by atoms with van der Waals surface area (Å²) < 4.78 is 120. The van der Waals surface area contributed by atoms with E-state index < -0.39 is 72.4 Å². The van der Waals surface area contributed by atoms with Crippen LogP contribution < -0.4 is 0 Å². The van der Waals surface area contributed by atoms with Gasteiger partial charge in [-0.15, -0.1) is 0 Å². The summed E-state index contributed by atoms with van der Waals surface area (Å²) in [6.45, 7) is 10.5. The van der Waals surface area contributed by atoms with Crippen LogP contribution in [0.1, 0.15) is 79.6 Å². The van der Waals surface area contributed by atoms with Gasteiger partial charge in [0, 0.05) is 11.5 Å². The quantitative estimate of drug-likeness (QED) is 0.135. The summed E-state index contributed by atoms with van der Waals surface area (Å²) in [5.41, 5.74) is -0.598. The van der Waals surface area contributed by atoms with Crippen molar-refractivity contribution >= 4 is 37.2 Å². The van der Waals surface area contributed by atoms with Gasteiger partial charge in [0.25, 0.3) is 0 Å². The molecule has 274 valence electrons. The number of hydrogen-bond donors (Lipinski definition) is 4. The lowest BCUT2D eigenvalue weighted by molar-refractivity contribution is -0.179. The molecule has 0 saturated heterocycles. The molecule has 0 aromatic heterocycles. The maximum Gasteiger partial charge on any atom is 0.397 e. The van der Waals surface area contributed by atoms with Crippen molar-refractivity contribution in [2.75, 3.05) is 6.61 Å². The molecule has 5 rings (SSSR count). The molecular formula is C30H46O15S3. The molecule has 18 heteroatoms. The van der Waals surface area contributed by atoms with Gasteiger partial charge in [0.1, 0.15) is 18.8 Å². The number of aliphatic hydroxyl groups is 1. The number of allylic oxidation sites excluding steroid dienone is 2. The van der Waals surface area contributed by atoms with Crippen LogP contribution >= 0.6 is 0 Å². The van der Waals surface area contributed by atoms with Crippen LogP contribution in [0.5, 0.6) is 0 Å². The number of hydrogen-bond acceptors (Lipinski definition) is 12. The van der Waals surface area contributed by atoms with Crippen LogP contribution in [-0.4, -0.2) is 81.0 Å². The van der Waals surface area contributed by atoms with Crippen LogP contribution in [0, 0.1) is 45.8 Å². The molecule has 3 fully saturated rings. The highest BCUT2D eigenvalue weighted by Crippen LogP contribution is 2.72. The standard InChI is InChI=1S/C30H46O15S3/c1-16(18-10-13-42-27(18)32)6-7-17(2)19-8-11-30(5)21-14-22(43-46(33,34)35)24-25(31)26(45-48(39,40)41)23(44-47(36,37)38)15-28(24,3)20(21)9-12-29(19,30)4/h9-10,16-17,19,21-26,31H,6-8,11-15H2,1-5H3,(H,33,34,35)(H,36,37,38)(H,39,40,41)/t16?,17-,19-,21-,22+,23+,24+,25-,26-,28-,29-,30+/m1/s1. The first-order valence-corrected chi connectivity index (χ1v) is 20.2. The van der Waals surface area contributed by atoms with Crippen molar-refractivity contribution in [3.8, 4) is 0 Å². The zero-order chi connectivity index (χ0) is 35.8. The van der Waals surface area contributed by atoms with Crippen LogP contribution in [0.25, 0.3) is 0 Å². The minimum Gasteiger partial charge on any atom is -0.458 e. The minimum absolute atomic E-state index is 0.00580. The normalized spacial score (nSPS) is 41.4. The Morgan fingerprint density at radius 2 is 1.50 bits per heavy atom. The van der Waals surface area contributed by atoms with E-state index in [0.717, 1.165) is 31.3 Å². The van der Waals surface area contributed by atoms with E-state index in [2.05, 4.69) is 25.0 Å². The predicted octanol–water partition coefficient (Wildman–Crippen LogP) is 3.25. The zero-order valence-electron chi connectivity index (χ0n) is 27.5. The van der Waals surface area contributed by atoms with Crippen LogP contribution in [0.2, 0.25) is 0 Å². The number of ether oxygens (including phenoxy) is 1. The molecule has 5 aliphatic rings. The van der Waals surface area contributed by atoms with Crippen LogP contribution in [0.15, 0.2) is 23.3 Å². The zero-order valence-corrected chi connectivity index (χ0v) is 30.0.